The molecule has 0 saturated carbocycles. The maximum absolute atomic E-state index is 10.9. The van der Waals surface area contributed by atoms with Crippen LogP contribution in [0.25, 0.3) is 0 Å². The molecule has 0 amide bonds. The van der Waals surface area contributed by atoms with Gasteiger partial charge < -0.3 is 10.2 Å². The van der Waals surface area contributed by atoms with E-state index in [9.17, 15) is 20.3 Å². The Balaban J connectivity index is 2.40. The van der Waals surface area contributed by atoms with E-state index in [4.69, 9.17) is 0 Å². The minimum absolute atomic E-state index is 0.00471. The van der Waals surface area contributed by atoms with Gasteiger partial charge in [-0.2, -0.15) is 0 Å². The number of aliphatic imine (C=N–C) groups is 1. The number of non-ortho nitro benzene ring substituents is 1. The van der Waals surface area contributed by atoms with Crippen LogP contribution in [0.1, 0.15) is 24.5 Å². The van der Waals surface area contributed by atoms with Crippen molar-refractivity contribution in [1.29, 1.82) is 0 Å². The molecule has 0 spiro atoms. The zero-order valence-corrected chi connectivity index (χ0v) is 13.9. The summed E-state index contributed by atoms with van der Waals surface area (Å²) in [6.45, 7) is 2.05. The number of nitro groups is 1. The van der Waals surface area contributed by atoms with Crippen molar-refractivity contribution < 1.29 is 15.1 Å². The van der Waals surface area contributed by atoms with Crippen molar-refractivity contribution in [1.82, 2.24) is 0 Å². The van der Waals surface area contributed by atoms with Crippen LogP contribution in [0.3, 0.4) is 0 Å². The summed E-state index contributed by atoms with van der Waals surface area (Å²) in [6.07, 6.45) is 3.11. The largest absolute Gasteiger partial charge is 0.506 e. The van der Waals surface area contributed by atoms with Gasteiger partial charge in [-0.25, -0.2) is 0 Å². The fourth-order valence-electron chi connectivity index (χ4n) is 2.06. The third-order valence-corrected chi connectivity index (χ3v) is 3.81. The van der Waals surface area contributed by atoms with Crippen molar-refractivity contribution in [2.45, 2.75) is 19.8 Å². The van der Waals surface area contributed by atoms with E-state index in [2.05, 4.69) is 27.8 Å². The van der Waals surface area contributed by atoms with Gasteiger partial charge >= 0.3 is 0 Å². The molecule has 0 aliphatic heterocycles. The number of aromatic hydroxyl groups is 2. The predicted molar refractivity (Wildman–Crippen MR) is 91.8 cm³/mol. The van der Waals surface area contributed by atoms with Crippen LogP contribution in [0, 0.1) is 10.1 Å². The second-order valence-electron chi connectivity index (χ2n) is 4.95. The van der Waals surface area contributed by atoms with Gasteiger partial charge in [-0.05, 0) is 40.0 Å². The van der Waals surface area contributed by atoms with Crippen LogP contribution in [-0.4, -0.2) is 21.4 Å². The number of hydrogen-bond donors (Lipinski definition) is 2. The molecule has 0 saturated heterocycles. The maximum atomic E-state index is 10.9. The number of nitro benzene ring substituents is 1. The van der Waals surface area contributed by atoms with Gasteiger partial charge in [-0.15, -0.1) is 0 Å². The summed E-state index contributed by atoms with van der Waals surface area (Å²) < 4.78 is 0.206. The zero-order chi connectivity index (χ0) is 17.0. The normalized spacial score (nSPS) is 11.0. The van der Waals surface area contributed by atoms with Crippen molar-refractivity contribution >= 4 is 33.5 Å². The monoisotopic (exact) mass is 378 g/mol. The first kappa shape index (κ1) is 17.0. The van der Waals surface area contributed by atoms with E-state index in [1.54, 1.807) is 12.1 Å². The third-order valence-electron chi connectivity index (χ3n) is 3.21. The predicted octanol–water partition coefficient (Wildman–Crippen LogP) is 4.47. The molecule has 0 atom stereocenters. The van der Waals surface area contributed by atoms with E-state index in [1.165, 1.54) is 18.3 Å². The average molecular weight is 379 g/mol. The lowest BCUT2D eigenvalue weighted by molar-refractivity contribution is -0.385. The molecule has 2 aromatic rings. The standard InChI is InChI=1S/C16H15BrN2O4/c1-2-3-10-4-5-15(20)14(6-10)18-9-11-7-12(19(22)23)8-13(17)16(11)21/h4-9,20-21H,2-3H2,1H3. The van der Waals surface area contributed by atoms with E-state index >= 15 is 0 Å². The highest BCUT2D eigenvalue weighted by Gasteiger charge is 2.13. The second kappa shape index (κ2) is 7.23. The topological polar surface area (TPSA) is 96.0 Å². The van der Waals surface area contributed by atoms with Crippen molar-refractivity contribution in [3.05, 3.63) is 56.0 Å². The fraction of sp³-hybridized carbons (Fsp3) is 0.188. The van der Waals surface area contributed by atoms with Crippen LogP contribution < -0.4 is 0 Å². The Morgan fingerprint density at radius 1 is 1.30 bits per heavy atom. The molecule has 2 rings (SSSR count). The van der Waals surface area contributed by atoms with Gasteiger partial charge in [0.05, 0.1) is 9.40 Å². The fourth-order valence-corrected chi connectivity index (χ4v) is 2.53. The molecule has 6 nitrogen and oxygen atoms in total. The van der Waals surface area contributed by atoms with E-state index < -0.39 is 4.92 Å². The molecule has 0 heterocycles. The van der Waals surface area contributed by atoms with Crippen LogP contribution in [0.4, 0.5) is 11.4 Å². The average Bonchev–Trinajstić information content (AvgIpc) is 2.51. The minimum atomic E-state index is -0.555. The summed E-state index contributed by atoms with van der Waals surface area (Å²) in [7, 11) is 0. The molecule has 120 valence electrons. The molecule has 7 heteroatoms. The Labute approximate surface area is 141 Å². The van der Waals surface area contributed by atoms with Crippen molar-refractivity contribution in [2.75, 3.05) is 0 Å². The van der Waals surface area contributed by atoms with E-state index in [0.717, 1.165) is 18.4 Å². The molecule has 0 unspecified atom stereocenters. The summed E-state index contributed by atoms with van der Waals surface area (Å²) in [4.78, 5) is 14.5. The van der Waals surface area contributed by atoms with E-state index in [0.29, 0.717) is 5.69 Å². The van der Waals surface area contributed by atoms with Gasteiger partial charge in [0.2, 0.25) is 0 Å². The molecule has 0 bridgehead atoms. The number of hydrogen-bond acceptors (Lipinski definition) is 5. The Morgan fingerprint density at radius 3 is 2.70 bits per heavy atom. The molecular weight excluding hydrogens is 364 g/mol. The highest BCUT2D eigenvalue weighted by molar-refractivity contribution is 9.10. The highest BCUT2D eigenvalue weighted by atomic mass is 79.9. The Morgan fingerprint density at radius 2 is 2.04 bits per heavy atom. The van der Waals surface area contributed by atoms with Gasteiger partial charge in [0.25, 0.3) is 5.69 Å². The van der Waals surface area contributed by atoms with E-state index in [1.807, 2.05) is 6.07 Å². The van der Waals surface area contributed by atoms with Crippen molar-refractivity contribution in [2.24, 2.45) is 4.99 Å². The van der Waals surface area contributed by atoms with Crippen LogP contribution in [0.2, 0.25) is 0 Å². The number of aryl methyl sites for hydroxylation is 1. The summed E-state index contributed by atoms with van der Waals surface area (Å²) in [6, 6.07) is 7.56. The number of phenols is 2. The molecule has 2 N–H and O–H groups in total. The summed E-state index contributed by atoms with van der Waals surface area (Å²) in [5, 5.41) is 30.7. The Kier molecular flexibility index (Phi) is 5.33. The lowest BCUT2D eigenvalue weighted by Gasteiger charge is -2.04. The van der Waals surface area contributed by atoms with Crippen LogP contribution in [-0.2, 0) is 6.42 Å². The number of halogens is 1. The second-order valence-corrected chi connectivity index (χ2v) is 5.81. The molecule has 23 heavy (non-hydrogen) atoms. The summed E-state index contributed by atoms with van der Waals surface area (Å²) in [5.74, 6) is -0.145. The van der Waals surface area contributed by atoms with Crippen molar-refractivity contribution in [3.63, 3.8) is 0 Å². The first-order valence-corrected chi connectivity index (χ1v) is 7.74. The minimum Gasteiger partial charge on any atom is -0.506 e. The molecule has 0 radical (unpaired) electrons. The van der Waals surface area contributed by atoms with Gasteiger partial charge in [0.15, 0.2) is 0 Å². The maximum Gasteiger partial charge on any atom is 0.271 e. The molecule has 0 aromatic heterocycles. The lowest BCUT2D eigenvalue weighted by atomic mass is 10.1. The van der Waals surface area contributed by atoms with Crippen LogP contribution in [0.5, 0.6) is 11.5 Å². The third kappa shape index (κ3) is 4.07. The quantitative estimate of drug-likeness (QED) is 0.455. The SMILES string of the molecule is CCCc1ccc(O)c(N=Cc2cc([N+](=O)[O-])cc(Br)c2O)c1. The Hall–Kier alpha value is -2.41. The molecule has 0 aliphatic carbocycles. The molecule has 0 aliphatic rings. The molecule has 2 aromatic carbocycles. The highest BCUT2D eigenvalue weighted by Crippen LogP contribution is 2.33. The first-order valence-electron chi connectivity index (χ1n) is 6.95. The summed E-state index contributed by atoms with van der Waals surface area (Å²) >= 11 is 3.07. The molecule has 0 fully saturated rings. The van der Waals surface area contributed by atoms with E-state index in [-0.39, 0.29) is 27.2 Å². The smallest absolute Gasteiger partial charge is 0.271 e. The number of nitrogens with zero attached hydrogens (tertiary/aromatic N) is 2. The van der Waals surface area contributed by atoms with Gasteiger partial charge in [0.1, 0.15) is 17.2 Å². The first-order chi connectivity index (χ1) is 10.9. The number of phenolic OH excluding ortho intramolecular Hbond substituents is 2. The zero-order valence-electron chi connectivity index (χ0n) is 12.4. The lowest BCUT2D eigenvalue weighted by Crippen LogP contribution is -1.92. The van der Waals surface area contributed by atoms with Crippen LogP contribution in [0.15, 0.2) is 39.8 Å². The van der Waals surface area contributed by atoms with Gasteiger partial charge in [-0.3, -0.25) is 15.1 Å². The van der Waals surface area contributed by atoms with Gasteiger partial charge in [0, 0.05) is 23.9 Å². The van der Waals surface area contributed by atoms with Crippen molar-refractivity contribution in [3.8, 4) is 11.5 Å². The Bertz CT molecular complexity index is 775. The number of rotatable bonds is 5. The molecular formula is C16H15BrN2O4. The van der Waals surface area contributed by atoms with Gasteiger partial charge in [-0.1, -0.05) is 19.4 Å². The summed E-state index contributed by atoms with van der Waals surface area (Å²) in [5.41, 5.74) is 1.39. The number of benzene rings is 2. The van der Waals surface area contributed by atoms with Crippen LogP contribution >= 0.6 is 15.9 Å².